The zero-order valence-electron chi connectivity index (χ0n) is 12.2. The highest BCUT2D eigenvalue weighted by Gasteiger charge is 2.32. The quantitative estimate of drug-likeness (QED) is 0.929. The lowest BCUT2D eigenvalue weighted by Crippen LogP contribution is -2.42. The number of anilines is 1. The number of hydrogen-bond donors (Lipinski definition) is 1. The van der Waals surface area contributed by atoms with Crippen LogP contribution in [-0.2, 0) is 20.9 Å². The first kappa shape index (κ1) is 15.8. The predicted octanol–water partition coefficient (Wildman–Crippen LogP) is 2.44. The third-order valence-electron chi connectivity index (χ3n) is 3.63. The normalized spacial score (nSPS) is 17.9. The first-order chi connectivity index (χ1) is 10.0. The number of halogens is 1. The number of likely N-dealkylation sites (tertiary alicyclic amines) is 1. The zero-order valence-corrected chi connectivity index (χ0v) is 12.9. The lowest BCUT2D eigenvalue weighted by molar-refractivity contribution is -0.134. The van der Waals surface area contributed by atoms with Crippen LogP contribution in [0.2, 0.25) is 5.02 Å². The molecule has 1 aliphatic heterocycles. The number of carbonyl (C=O) groups excluding carboxylic acids is 2. The Hall–Kier alpha value is -1.59. The molecule has 1 aliphatic rings. The van der Waals surface area contributed by atoms with Gasteiger partial charge < -0.3 is 15.0 Å². The van der Waals surface area contributed by atoms with E-state index in [0.717, 1.165) is 12.0 Å². The summed E-state index contributed by atoms with van der Waals surface area (Å²) in [4.78, 5) is 25.6. The summed E-state index contributed by atoms with van der Waals surface area (Å²) in [7, 11) is 1.57. The second-order valence-corrected chi connectivity index (χ2v) is 5.47. The Bertz CT molecular complexity index is 548. The molecule has 0 bridgehead atoms. The zero-order chi connectivity index (χ0) is 15.4. The summed E-state index contributed by atoms with van der Waals surface area (Å²) in [5, 5.41) is 3.41. The van der Waals surface area contributed by atoms with Crippen molar-refractivity contribution in [3.05, 3.63) is 28.8 Å². The Kier molecular flexibility index (Phi) is 5.20. The van der Waals surface area contributed by atoms with Crippen LogP contribution in [0.15, 0.2) is 18.2 Å². The molecule has 1 aromatic rings. The van der Waals surface area contributed by atoms with Crippen LogP contribution >= 0.6 is 11.6 Å². The van der Waals surface area contributed by atoms with Gasteiger partial charge >= 0.3 is 0 Å². The Labute approximate surface area is 129 Å². The van der Waals surface area contributed by atoms with E-state index in [-0.39, 0.29) is 11.8 Å². The predicted molar refractivity (Wildman–Crippen MR) is 81.2 cm³/mol. The molecule has 114 valence electrons. The Morgan fingerprint density at radius 2 is 2.24 bits per heavy atom. The van der Waals surface area contributed by atoms with Gasteiger partial charge in [0.1, 0.15) is 6.04 Å². The minimum absolute atomic E-state index is 0.0733. The SMILES string of the molecule is COCc1c(Cl)cccc1NC(=O)[C@@H]1CCCN1C(C)=O. The first-order valence-corrected chi connectivity index (χ1v) is 7.26. The van der Waals surface area contributed by atoms with Crippen molar-refractivity contribution in [1.29, 1.82) is 0 Å². The summed E-state index contributed by atoms with van der Waals surface area (Å²) >= 11 is 6.13. The summed E-state index contributed by atoms with van der Waals surface area (Å²) < 4.78 is 5.12. The van der Waals surface area contributed by atoms with Gasteiger partial charge in [0.05, 0.1) is 6.61 Å². The van der Waals surface area contributed by atoms with Gasteiger partial charge in [0.25, 0.3) is 0 Å². The number of hydrogen-bond acceptors (Lipinski definition) is 3. The lowest BCUT2D eigenvalue weighted by atomic mass is 10.1. The largest absolute Gasteiger partial charge is 0.380 e. The van der Waals surface area contributed by atoms with E-state index in [9.17, 15) is 9.59 Å². The number of nitrogens with one attached hydrogen (secondary N) is 1. The molecule has 1 heterocycles. The maximum atomic E-state index is 12.4. The average molecular weight is 311 g/mol. The summed E-state index contributed by atoms with van der Waals surface area (Å²) in [5.74, 6) is -0.252. The van der Waals surface area contributed by atoms with Crippen molar-refractivity contribution in [2.75, 3.05) is 19.0 Å². The molecule has 0 radical (unpaired) electrons. The molecule has 0 aliphatic carbocycles. The van der Waals surface area contributed by atoms with Crippen molar-refractivity contribution < 1.29 is 14.3 Å². The van der Waals surface area contributed by atoms with E-state index in [1.165, 1.54) is 6.92 Å². The van der Waals surface area contributed by atoms with E-state index >= 15 is 0 Å². The maximum absolute atomic E-state index is 12.4. The number of nitrogens with zero attached hydrogens (tertiary/aromatic N) is 1. The fourth-order valence-electron chi connectivity index (χ4n) is 2.60. The Balaban J connectivity index is 2.16. The van der Waals surface area contributed by atoms with Gasteiger partial charge in [-0.1, -0.05) is 17.7 Å². The molecule has 1 N–H and O–H groups in total. The second kappa shape index (κ2) is 6.91. The van der Waals surface area contributed by atoms with Gasteiger partial charge in [-0.25, -0.2) is 0 Å². The number of ether oxygens (including phenoxy) is 1. The van der Waals surface area contributed by atoms with Crippen LogP contribution < -0.4 is 5.32 Å². The van der Waals surface area contributed by atoms with Crippen molar-refractivity contribution in [3.63, 3.8) is 0 Å². The molecule has 0 aromatic heterocycles. The van der Waals surface area contributed by atoms with Gasteiger partial charge in [-0.05, 0) is 25.0 Å². The molecule has 2 amide bonds. The molecule has 1 fully saturated rings. The highest BCUT2D eigenvalue weighted by atomic mass is 35.5. The molecule has 1 aromatic carbocycles. The fraction of sp³-hybridized carbons (Fsp3) is 0.467. The summed E-state index contributed by atoms with van der Waals surface area (Å²) in [6.07, 6.45) is 1.53. The molecule has 0 unspecified atom stereocenters. The summed E-state index contributed by atoms with van der Waals surface area (Å²) in [6.45, 7) is 2.44. The fourth-order valence-corrected chi connectivity index (χ4v) is 2.83. The smallest absolute Gasteiger partial charge is 0.247 e. The van der Waals surface area contributed by atoms with E-state index in [1.807, 2.05) is 0 Å². The number of benzene rings is 1. The third-order valence-corrected chi connectivity index (χ3v) is 3.98. The van der Waals surface area contributed by atoms with Crippen LogP contribution in [0, 0.1) is 0 Å². The summed E-state index contributed by atoms with van der Waals surface area (Å²) in [6, 6.07) is 4.90. The van der Waals surface area contributed by atoms with Gasteiger partial charge in [-0.2, -0.15) is 0 Å². The lowest BCUT2D eigenvalue weighted by Gasteiger charge is -2.23. The molecule has 5 nitrogen and oxygen atoms in total. The van der Waals surface area contributed by atoms with Crippen molar-refractivity contribution >= 4 is 29.1 Å². The summed E-state index contributed by atoms with van der Waals surface area (Å²) in [5.41, 5.74) is 1.37. The average Bonchev–Trinajstić information content (AvgIpc) is 2.92. The van der Waals surface area contributed by atoms with Crippen LogP contribution in [0.4, 0.5) is 5.69 Å². The van der Waals surface area contributed by atoms with E-state index < -0.39 is 6.04 Å². The van der Waals surface area contributed by atoms with Crippen LogP contribution in [0.25, 0.3) is 0 Å². The minimum Gasteiger partial charge on any atom is -0.380 e. The Morgan fingerprint density at radius 3 is 2.90 bits per heavy atom. The molecule has 0 spiro atoms. The van der Waals surface area contributed by atoms with Gasteiger partial charge in [0, 0.05) is 36.9 Å². The molecule has 1 atom stereocenters. The topological polar surface area (TPSA) is 58.6 Å². The highest BCUT2D eigenvalue weighted by Crippen LogP contribution is 2.26. The molecule has 2 rings (SSSR count). The monoisotopic (exact) mass is 310 g/mol. The molecule has 21 heavy (non-hydrogen) atoms. The molecule has 6 heteroatoms. The number of methoxy groups -OCH3 is 1. The molecular weight excluding hydrogens is 292 g/mol. The second-order valence-electron chi connectivity index (χ2n) is 5.06. The molecule has 0 saturated carbocycles. The van der Waals surface area contributed by atoms with Crippen LogP contribution in [0.3, 0.4) is 0 Å². The van der Waals surface area contributed by atoms with Crippen molar-refractivity contribution in [1.82, 2.24) is 4.90 Å². The molecule has 1 saturated heterocycles. The van der Waals surface area contributed by atoms with Gasteiger partial charge in [-0.15, -0.1) is 0 Å². The number of carbonyl (C=O) groups is 2. The minimum atomic E-state index is -0.406. The van der Waals surface area contributed by atoms with Crippen LogP contribution in [0.5, 0.6) is 0 Å². The Morgan fingerprint density at radius 1 is 1.48 bits per heavy atom. The van der Waals surface area contributed by atoms with Crippen molar-refractivity contribution in [3.8, 4) is 0 Å². The van der Waals surface area contributed by atoms with Crippen LogP contribution in [-0.4, -0.2) is 36.4 Å². The third kappa shape index (κ3) is 3.54. The van der Waals surface area contributed by atoms with E-state index in [4.69, 9.17) is 16.3 Å². The number of amides is 2. The van der Waals surface area contributed by atoms with Gasteiger partial charge in [-0.3, -0.25) is 9.59 Å². The van der Waals surface area contributed by atoms with Crippen molar-refractivity contribution in [2.24, 2.45) is 0 Å². The van der Waals surface area contributed by atoms with Crippen LogP contribution in [0.1, 0.15) is 25.3 Å². The molecular formula is C15H19ClN2O3. The maximum Gasteiger partial charge on any atom is 0.247 e. The van der Waals surface area contributed by atoms with E-state index in [0.29, 0.717) is 30.3 Å². The number of rotatable bonds is 4. The van der Waals surface area contributed by atoms with Gasteiger partial charge in [0.15, 0.2) is 0 Å². The van der Waals surface area contributed by atoms with E-state index in [2.05, 4.69) is 5.32 Å². The first-order valence-electron chi connectivity index (χ1n) is 6.89. The van der Waals surface area contributed by atoms with Crippen molar-refractivity contribution in [2.45, 2.75) is 32.4 Å². The van der Waals surface area contributed by atoms with E-state index in [1.54, 1.807) is 30.2 Å². The highest BCUT2D eigenvalue weighted by molar-refractivity contribution is 6.31. The van der Waals surface area contributed by atoms with Gasteiger partial charge in [0.2, 0.25) is 11.8 Å². The standard InChI is InChI=1S/C15H19ClN2O3/c1-10(19)18-8-4-7-14(18)15(20)17-13-6-3-5-12(16)11(13)9-21-2/h3,5-6,14H,4,7-9H2,1-2H3,(H,17,20)/t14-/m0/s1.